The predicted molar refractivity (Wildman–Crippen MR) is 152 cm³/mol. The quantitative estimate of drug-likeness (QED) is 0.116. The van der Waals surface area contributed by atoms with Gasteiger partial charge in [0.1, 0.15) is 18.1 Å². The number of ketones is 1. The third-order valence-electron chi connectivity index (χ3n) is 7.20. The average Bonchev–Trinajstić information content (AvgIpc) is 3.22. The van der Waals surface area contributed by atoms with Crippen LogP contribution < -0.4 is 4.74 Å². The van der Waals surface area contributed by atoms with Crippen molar-refractivity contribution in [1.29, 1.82) is 0 Å². The maximum atomic E-state index is 13.3. The van der Waals surface area contributed by atoms with Gasteiger partial charge in [-0.05, 0) is 67.0 Å². The van der Waals surface area contributed by atoms with Gasteiger partial charge in [-0.3, -0.25) is 19.7 Å². The minimum absolute atomic E-state index is 0.0456. The van der Waals surface area contributed by atoms with Crippen molar-refractivity contribution in [2.45, 2.75) is 33.4 Å². The van der Waals surface area contributed by atoms with Crippen LogP contribution >= 0.6 is 0 Å². The van der Waals surface area contributed by atoms with Crippen LogP contribution in [0.3, 0.4) is 0 Å². The van der Waals surface area contributed by atoms with Crippen molar-refractivity contribution in [1.82, 2.24) is 9.80 Å². The number of aliphatic hydroxyl groups is 1. The number of amides is 1. The zero-order chi connectivity index (χ0) is 28.8. The number of non-ortho nitro benzene ring substituents is 1. The second-order valence-corrected chi connectivity index (χ2v) is 9.62. The van der Waals surface area contributed by atoms with Gasteiger partial charge in [0.2, 0.25) is 0 Å². The molecule has 0 aromatic heterocycles. The summed E-state index contributed by atoms with van der Waals surface area (Å²) in [4.78, 5) is 40.8. The highest BCUT2D eigenvalue weighted by Gasteiger charge is 2.46. The van der Waals surface area contributed by atoms with E-state index in [0.29, 0.717) is 30.0 Å². The van der Waals surface area contributed by atoms with Crippen molar-refractivity contribution in [3.05, 3.63) is 111 Å². The Morgan fingerprint density at radius 1 is 1.02 bits per heavy atom. The van der Waals surface area contributed by atoms with Crippen molar-refractivity contribution in [3.63, 3.8) is 0 Å². The molecule has 1 atom stereocenters. The number of nitrogens with zero attached hydrogens (tertiary/aromatic N) is 3. The molecule has 0 bridgehead atoms. The summed E-state index contributed by atoms with van der Waals surface area (Å²) in [7, 11) is 0. The molecule has 1 N–H and O–H groups in total. The first kappa shape index (κ1) is 28.5. The summed E-state index contributed by atoms with van der Waals surface area (Å²) >= 11 is 0. The van der Waals surface area contributed by atoms with Gasteiger partial charge >= 0.3 is 0 Å². The second kappa shape index (κ2) is 12.6. The standard InChI is InChI=1S/C31H33N3O6/c1-4-32(5-2)17-18-33-28(23-11-14-25(15-12-23)34(38)39)27(30(36)31(33)37)29(35)24-13-16-26(21(3)19-24)40-20-22-9-7-6-8-10-22/h6-16,19,28,35H,4-5,17-18,20H2,1-3H3/b29-27+/t28-/m1/s1. The van der Waals surface area contributed by atoms with Crippen LogP contribution in [0.5, 0.6) is 5.75 Å². The second-order valence-electron chi connectivity index (χ2n) is 9.62. The van der Waals surface area contributed by atoms with E-state index in [-0.39, 0.29) is 23.6 Å². The van der Waals surface area contributed by atoms with E-state index in [1.807, 2.05) is 51.1 Å². The van der Waals surface area contributed by atoms with Gasteiger partial charge < -0.3 is 19.6 Å². The van der Waals surface area contributed by atoms with Gasteiger partial charge in [-0.15, -0.1) is 0 Å². The molecule has 4 rings (SSSR count). The Morgan fingerprint density at radius 3 is 2.30 bits per heavy atom. The van der Waals surface area contributed by atoms with Crippen LogP contribution in [0.2, 0.25) is 0 Å². The first-order valence-corrected chi connectivity index (χ1v) is 13.3. The van der Waals surface area contributed by atoms with Crippen molar-refractivity contribution in [2.75, 3.05) is 26.2 Å². The van der Waals surface area contributed by atoms with Gasteiger partial charge in [0.05, 0.1) is 16.5 Å². The number of carbonyl (C=O) groups excluding carboxylic acids is 2. The molecule has 0 saturated carbocycles. The predicted octanol–water partition coefficient (Wildman–Crippen LogP) is 5.25. The molecule has 3 aromatic carbocycles. The molecular weight excluding hydrogens is 510 g/mol. The topological polar surface area (TPSA) is 113 Å². The fourth-order valence-electron chi connectivity index (χ4n) is 4.87. The number of likely N-dealkylation sites (tertiary alicyclic amines) is 1. The zero-order valence-electron chi connectivity index (χ0n) is 22.9. The van der Waals surface area contributed by atoms with Gasteiger partial charge in [-0.1, -0.05) is 44.2 Å². The van der Waals surface area contributed by atoms with Crippen LogP contribution in [0.1, 0.15) is 42.1 Å². The lowest BCUT2D eigenvalue weighted by Gasteiger charge is -2.28. The van der Waals surface area contributed by atoms with Crippen molar-refractivity contribution >= 4 is 23.1 Å². The van der Waals surface area contributed by atoms with Gasteiger partial charge in [0.25, 0.3) is 17.4 Å². The third kappa shape index (κ3) is 6.05. The molecule has 0 unspecified atom stereocenters. The first-order chi connectivity index (χ1) is 19.2. The lowest BCUT2D eigenvalue weighted by Crippen LogP contribution is -2.38. The lowest BCUT2D eigenvalue weighted by molar-refractivity contribution is -0.384. The molecule has 9 heteroatoms. The summed E-state index contributed by atoms with van der Waals surface area (Å²) in [5, 5.41) is 22.6. The summed E-state index contributed by atoms with van der Waals surface area (Å²) < 4.78 is 5.95. The Kier molecular flexibility index (Phi) is 8.96. The minimum Gasteiger partial charge on any atom is -0.507 e. The van der Waals surface area contributed by atoms with Crippen LogP contribution in [0.25, 0.3) is 5.76 Å². The Bertz CT molecular complexity index is 1410. The fourth-order valence-corrected chi connectivity index (χ4v) is 4.87. The van der Waals surface area contributed by atoms with Crippen LogP contribution in [-0.4, -0.2) is 57.7 Å². The number of aryl methyl sites for hydroxylation is 1. The molecular formula is C31H33N3O6. The highest BCUT2D eigenvalue weighted by atomic mass is 16.6. The summed E-state index contributed by atoms with van der Waals surface area (Å²) in [6, 6.07) is 19.7. The van der Waals surface area contributed by atoms with Crippen LogP contribution in [0.4, 0.5) is 5.69 Å². The number of Topliss-reactive ketones (excluding diaryl/α,β-unsaturated/α-hetero) is 1. The summed E-state index contributed by atoms with van der Waals surface area (Å²) in [6.45, 7) is 8.60. The number of ether oxygens (including phenoxy) is 1. The van der Waals surface area contributed by atoms with Gasteiger partial charge in [-0.2, -0.15) is 0 Å². The van der Waals surface area contributed by atoms with Gasteiger partial charge in [-0.25, -0.2) is 0 Å². The van der Waals surface area contributed by atoms with E-state index in [1.165, 1.54) is 29.2 Å². The molecule has 0 radical (unpaired) electrons. The van der Waals surface area contributed by atoms with Crippen molar-refractivity contribution < 1.29 is 24.4 Å². The maximum Gasteiger partial charge on any atom is 0.295 e. The highest BCUT2D eigenvalue weighted by molar-refractivity contribution is 6.46. The molecule has 1 aliphatic rings. The van der Waals surface area contributed by atoms with Crippen LogP contribution in [0, 0.1) is 17.0 Å². The first-order valence-electron chi connectivity index (χ1n) is 13.3. The molecule has 0 spiro atoms. The van der Waals surface area contributed by atoms with E-state index in [4.69, 9.17) is 4.74 Å². The number of nitro groups is 1. The minimum atomic E-state index is -0.884. The van der Waals surface area contributed by atoms with E-state index < -0.39 is 22.7 Å². The Labute approximate surface area is 233 Å². The molecule has 1 heterocycles. The Hall–Kier alpha value is -4.50. The van der Waals surface area contributed by atoms with Crippen LogP contribution in [0.15, 0.2) is 78.4 Å². The molecule has 1 fully saturated rings. The van der Waals surface area contributed by atoms with E-state index in [9.17, 15) is 24.8 Å². The van der Waals surface area contributed by atoms with E-state index in [0.717, 1.165) is 24.2 Å². The largest absolute Gasteiger partial charge is 0.507 e. The SMILES string of the molecule is CCN(CC)CCN1C(=O)C(=O)/C(=C(/O)c2ccc(OCc3ccccc3)c(C)c2)[C@H]1c1ccc([N+](=O)[O-])cc1. The molecule has 3 aromatic rings. The van der Waals surface area contributed by atoms with Crippen molar-refractivity contribution in [3.8, 4) is 5.75 Å². The van der Waals surface area contributed by atoms with E-state index >= 15 is 0 Å². The Morgan fingerprint density at radius 2 is 1.70 bits per heavy atom. The van der Waals surface area contributed by atoms with E-state index in [2.05, 4.69) is 4.90 Å². The molecule has 1 saturated heterocycles. The van der Waals surface area contributed by atoms with Crippen LogP contribution in [-0.2, 0) is 16.2 Å². The summed E-state index contributed by atoms with van der Waals surface area (Å²) in [5.74, 6) is -1.17. The maximum absolute atomic E-state index is 13.3. The molecule has 0 aliphatic carbocycles. The molecule has 40 heavy (non-hydrogen) atoms. The molecule has 1 amide bonds. The van der Waals surface area contributed by atoms with Crippen molar-refractivity contribution in [2.24, 2.45) is 0 Å². The zero-order valence-corrected chi connectivity index (χ0v) is 22.9. The lowest BCUT2D eigenvalue weighted by atomic mass is 9.94. The number of hydrogen-bond acceptors (Lipinski definition) is 7. The Balaban J connectivity index is 1.70. The number of carbonyl (C=O) groups is 2. The monoisotopic (exact) mass is 543 g/mol. The third-order valence-corrected chi connectivity index (χ3v) is 7.20. The molecule has 1 aliphatic heterocycles. The van der Waals surface area contributed by atoms with Gasteiger partial charge in [0, 0.05) is 30.8 Å². The number of rotatable bonds is 11. The molecule has 208 valence electrons. The number of nitro benzene ring substituents is 1. The van der Waals surface area contributed by atoms with Gasteiger partial charge in [0.15, 0.2) is 0 Å². The number of hydrogen-bond donors (Lipinski definition) is 1. The smallest absolute Gasteiger partial charge is 0.295 e. The number of benzene rings is 3. The highest BCUT2D eigenvalue weighted by Crippen LogP contribution is 2.40. The summed E-state index contributed by atoms with van der Waals surface area (Å²) in [6.07, 6.45) is 0. The number of likely N-dealkylation sites (N-methyl/N-ethyl adjacent to an activating group) is 1. The average molecular weight is 544 g/mol. The fraction of sp³-hybridized carbons (Fsp3) is 0.290. The normalized spacial score (nSPS) is 16.5. The number of aliphatic hydroxyl groups excluding tert-OH is 1. The molecule has 9 nitrogen and oxygen atoms in total. The van der Waals surface area contributed by atoms with E-state index in [1.54, 1.807) is 18.2 Å². The summed E-state index contributed by atoms with van der Waals surface area (Å²) in [5.41, 5.74) is 2.49.